The Labute approximate surface area is 120 Å². The Bertz CT molecular complexity index is 629. The summed E-state index contributed by atoms with van der Waals surface area (Å²) in [5.41, 5.74) is 1.37. The molecule has 102 valence electrons. The van der Waals surface area contributed by atoms with Crippen LogP contribution < -0.4 is 5.76 Å². The van der Waals surface area contributed by atoms with Crippen molar-refractivity contribution in [1.82, 2.24) is 9.47 Å². The van der Waals surface area contributed by atoms with E-state index in [1.807, 2.05) is 17.8 Å². The number of hydrogen-bond donors (Lipinski definition) is 0. The van der Waals surface area contributed by atoms with Gasteiger partial charge in [0.15, 0.2) is 5.58 Å². The number of thioether (sulfide) groups is 1. The maximum absolute atomic E-state index is 11.9. The Hall–Kier alpha value is -0.910. The topological polar surface area (TPSA) is 38.4 Å². The SMILES string of the molecule is O=c1oc2cc(Cl)ccc2n1CN1CCCSCC1. The maximum Gasteiger partial charge on any atom is 0.421 e. The molecule has 4 nitrogen and oxygen atoms in total. The second kappa shape index (κ2) is 5.61. The molecule has 0 aliphatic carbocycles. The van der Waals surface area contributed by atoms with Gasteiger partial charge in [-0.2, -0.15) is 11.8 Å². The minimum absolute atomic E-state index is 0.311. The highest BCUT2D eigenvalue weighted by molar-refractivity contribution is 7.99. The molecule has 1 aromatic heterocycles. The Morgan fingerprint density at radius 3 is 3.11 bits per heavy atom. The van der Waals surface area contributed by atoms with E-state index < -0.39 is 0 Å². The molecule has 1 aliphatic rings. The summed E-state index contributed by atoms with van der Waals surface area (Å²) >= 11 is 7.88. The molecule has 0 amide bonds. The van der Waals surface area contributed by atoms with E-state index in [9.17, 15) is 4.79 Å². The van der Waals surface area contributed by atoms with Crippen molar-refractivity contribution in [2.45, 2.75) is 13.1 Å². The van der Waals surface area contributed by atoms with E-state index in [1.54, 1.807) is 16.7 Å². The van der Waals surface area contributed by atoms with Gasteiger partial charge >= 0.3 is 5.76 Å². The van der Waals surface area contributed by atoms with Crippen molar-refractivity contribution in [2.24, 2.45) is 0 Å². The van der Waals surface area contributed by atoms with Gasteiger partial charge in [-0.3, -0.25) is 9.47 Å². The van der Waals surface area contributed by atoms with Crippen LogP contribution in [0.1, 0.15) is 6.42 Å². The summed E-state index contributed by atoms with van der Waals surface area (Å²) in [5.74, 6) is 2.01. The van der Waals surface area contributed by atoms with Crippen molar-refractivity contribution < 1.29 is 4.42 Å². The zero-order chi connectivity index (χ0) is 13.2. The quantitative estimate of drug-likeness (QED) is 0.854. The molecule has 0 unspecified atom stereocenters. The minimum atomic E-state index is -0.311. The fourth-order valence-electron chi connectivity index (χ4n) is 2.31. The monoisotopic (exact) mass is 298 g/mol. The van der Waals surface area contributed by atoms with E-state index in [1.165, 1.54) is 12.2 Å². The lowest BCUT2D eigenvalue weighted by atomic mass is 10.3. The lowest BCUT2D eigenvalue weighted by Gasteiger charge is -2.19. The molecule has 0 atom stereocenters. The number of benzene rings is 1. The van der Waals surface area contributed by atoms with Gasteiger partial charge in [0.2, 0.25) is 0 Å². The Morgan fingerprint density at radius 1 is 1.32 bits per heavy atom. The van der Waals surface area contributed by atoms with Crippen LogP contribution in [0.3, 0.4) is 0 Å². The molecule has 0 saturated carbocycles. The van der Waals surface area contributed by atoms with Crippen LogP contribution in [0.4, 0.5) is 0 Å². The summed E-state index contributed by atoms with van der Waals surface area (Å²) < 4.78 is 6.93. The number of halogens is 1. The minimum Gasteiger partial charge on any atom is -0.408 e. The van der Waals surface area contributed by atoms with Crippen LogP contribution in [0.15, 0.2) is 27.4 Å². The van der Waals surface area contributed by atoms with Crippen LogP contribution in [0, 0.1) is 0 Å². The second-order valence-corrected chi connectivity index (χ2v) is 6.29. The van der Waals surface area contributed by atoms with Crippen LogP contribution in [0.5, 0.6) is 0 Å². The molecule has 1 aliphatic heterocycles. The van der Waals surface area contributed by atoms with Crippen LogP contribution >= 0.6 is 23.4 Å². The molecular weight excluding hydrogens is 284 g/mol. The Kier molecular flexibility index (Phi) is 3.86. The summed E-state index contributed by atoms with van der Waals surface area (Å²) in [6.45, 7) is 2.63. The van der Waals surface area contributed by atoms with Gasteiger partial charge in [0.25, 0.3) is 0 Å². The van der Waals surface area contributed by atoms with E-state index in [2.05, 4.69) is 4.90 Å². The third-order valence-electron chi connectivity index (χ3n) is 3.29. The molecular formula is C13H15ClN2O2S. The smallest absolute Gasteiger partial charge is 0.408 e. The molecule has 0 radical (unpaired) electrons. The largest absolute Gasteiger partial charge is 0.421 e. The zero-order valence-corrected chi connectivity index (χ0v) is 12.0. The molecule has 0 spiro atoms. The first-order valence-corrected chi connectivity index (χ1v) is 7.86. The molecule has 2 heterocycles. The van der Waals surface area contributed by atoms with Crippen LogP contribution in [0.2, 0.25) is 5.02 Å². The molecule has 6 heteroatoms. The summed E-state index contributed by atoms with van der Waals surface area (Å²) in [4.78, 5) is 14.2. The average Bonchev–Trinajstić information content (AvgIpc) is 2.57. The van der Waals surface area contributed by atoms with Crippen molar-refractivity contribution >= 4 is 34.5 Å². The van der Waals surface area contributed by atoms with E-state index in [0.29, 0.717) is 17.3 Å². The van der Waals surface area contributed by atoms with Gasteiger partial charge in [-0.1, -0.05) is 11.6 Å². The van der Waals surface area contributed by atoms with Crippen LogP contribution in [0.25, 0.3) is 11.1 Å². The van der Waals surface area contributed by atoms with Crippen molar-refractivity contribution in [1.29, 1.82) is 0 Å². The molecule has 1 aromatic carbocycles. The highest BCUT2D eigenvalue weighted by atomic mass is 35.5. The Morgan fingerprint density at radius 2 is 2.21 bits per heavy atom. The van der Waals surface area contributed by atoms with Crippen molar-refractivity contribution in [3.63, 3.8) is 0 Å². The van der Waals surface area contributed by atoms with E-state index in [0.717, 1.165) is 24.4 Å². The fraction of sp³-hybridized carbons (Fsp3) is 0.462. The molecule has 3 rings (SSSR count). The molecule has 2 aromatic rings. The molecule has 1 fully saturated rings. The molecule has 0 N–H and O–H groups in total. The second-order valence-electron chi connectivity index (χ2n) is 4.63. The van der Waals surface area contributed by atoms with Gasteiger partial charge in [-0.05, 0) is 24.3 Å². The number of rotatable bonds is 2. The number of oxazole rings is 1. The molecule has 0 bridgehead atoms. The lowest BCUT2D eigenvalue weighted by Crippen LogP contribution is -2.32. The number of fused-ring (bicyclic) bond motifs is 1. The van der Waals surface area contributed by atoms with E-state index in [-0.39, 0.29) is 5.76 Å². The van der Waals surface area contributed by atoms with Gasteiger partial charge in [0, 0.05) is 29.9 Å². The summed E-state index contributed by atoms with van der Waals surface area (Å²) in [6.07, 6.45) is 1.17. The first-order chi connectivity index (χ1) is 9.24. The average molecular weight is 299 g/mol. The normalized spacial score (nSPS) is 17.7. The van der Waals surface area contributed by atoms with Gasteiger partial charge in [-0.15, -0.1) is 0 Å². The highest BCUT2D eigenvalue weighted by Gasteiger charge is 2.14. The van der Waals surface area contributed by atoms with Gasteiger partial charge in [0.05, 0.1) is 12.2 Å². The zero-order valence-electron chi connectivity index (χ0n) is 10.5. The molecule has 19 heavy (non-hydrogen) atoms. The predicted molar refractivity (Wildman–Crippen MR) is 79.0 cm³/mol. The maximum atomic E-state index is 11.9. The standard InChI is InChI=1S/C13H15ClN2O2S/c14-10-2-3-11-12(8-10)18-13(17)16(11)9-15-4-1-6-19-7-5-15/h2-3,8H,1,4-7,9H2. The highest BCUT2D eigenvalue weighted by Crippen LogP contribution is 2.19. The van der Waals surface area contributed by atoms with Crippen molar-refractivity contribution in [3.05, 3.63) is 33.8 Å². The van der Waals surface area contributed by atoms with E-state index in [4.69, 9.17) is 16.0 Å². The van der Waals surface area contributed by atoms with Crippen LogP contribution in [-0.2, 0) is 6.67 Å². The predicted octanol–water partition coefficient (Wildman–Crippen LogP) is 2.64. The van der Waals surface area contributed by atoms with Gasteiger partial charge in [-0.25, -0.2) is 4.79 Å². The van der Waals surface area contributed by atoms with E-state index >= 15 is 0 Å². The third-order valence-corrected chi connectivity index (χ3v) is 4.57. The van der Waals surface area contributed by atoms with Crippen LogP contribution in [-0.4, -0.2) is 34.1 Å². The van der Waals surface area contributed by atoms with Gasteiger partial charge in [0.1, 0.15) is 0 Å². The van der Waals surface area contributed by atoms with Crippen molar-refractivity contribution in [3.8, 4) is 0 Å². The summed E-state index contributed by atoms with van der Waals surface area (Å²) in [6, 6.07) is 5.32. The number of hydrogen-bond acceptors (Lipinski definition) is 4. The summed E-state index contributed by atoms with van der Waals surface area (Å²) in [7, 11) is 0. The number of aromatic nitrogens is 1. The lowest BCUT2D eigenvalue weighted by molar-refractivity contribution is 0.230. The fourth-order valence-corrected chi connectivity index (χ4v) is 3.40. The summed E-state index contributed by atoms with van der Waals surface area (Å²) in [5, 5.41) is 0.583. The first kappa shape index (κ1) is 13.1. The van der Waals surface area contributed by atoms with Crippen molar-refractivity contribution in [2.75, 3.05) is 24.6 Å². The third kappa shape index (κ3) is 2.83. The Balaban J connectivity index is 1.91. The van der Waals surface area contributed by atoms with Gasteiger partial charge < -0.3 is 4.42 Å². The molecule has 1 saturated heterocycles. The number of nitrogens with zero attached hydrogens (tertiary/aromatic N) is 2. The first-order valence-electron chi connectivity index (χ1n) is 6.33.